The van der Waals surface area contributed by atoms with E-state index in [0.717, 1.165) is 60.1 Å². The third-order valence-electron chi connectivity index (χ3n) is 7.26. The minimum Gasteiger partial charge on any atom is -0.494 e. The van der Waals surface area contributed by atoms with Gasteiger partial charge in [0.05, 0.1) is 4.90 Å². The molecule has 4 rings (SSSR count). The smallest absolute Gasteiger partial charge is 0.494 e. The second-order valence-electron chi connectivity index (χ2n) is 10.5. The molecular formula is C34H40N2O6S. The summed E-state index contributed by atoms with van der Waals surface area (Å²) in [4.78, 5) is 25.9. The summed E-state index contributed by atoms with van der Waals surface area (Å²) in [7, 11) is 0. The van der Waals surface area contributed by atoms with Crippen LogP contribution in [0.2, 0.25) is 0 Å². The Kier molecular flexibility index (Phi) is 11.4. The Balaban J connectivity index is 1.40. The van der Waals surface area contributed by atoms with E-state index in [9.17, 15) is 19.8 Å². The van der Waals surface area contributed by atoms with Gasteiger partial charge in [-0.1, -0.05) is 69.2 Å². The molecule has 1 aliphatic carbocycles. The zero-order chi connectivity index (χ0) is 30.8. The van der Waals surface area contributed by atoms with Gasteiger partial charge < -0.3 is 25.0 Å². The van der Waals surface area contributed by atoms with E-state index >= 15 is 0 Å². The minimum atomic E-state index is -0.788. The van der Waals surface area contributed by atoms with Gasteiger partial charge in [0.2, 0.25) is 11.8 Å². The van der Waals surface area contributed by atoms with E-state index in [1.165, 1.54) is 16.3 Å². The van der Waals surface area contributed by atoms with Crippen molar-refractivity contribution < 1.29 is 29.3 Å². The third-order valence-corrected chi connectivity index (χ3v) is 8.36. The molecule has 3 N–H and O–H groups in total. The van der Waals surface area contributed by atoms with Crippen LogP contribution in [0.5, 0.6) is 11.8 Å². The highest BCUT2D eigenvalue weighted by atomic mass is 32.2. The van der Waals surface area contributed by atoms with Crippen molar-refractivity contribution >= 4 is 29.5 Å². The number of fused-ring (bicyclic) bond motifs is 3. The SMILES string of the molecule is CCCC=C=C(C)OC(=O)OCC1c2ccccc2-c2ccc(NC(=O)CCn3c(O)cc(SCCCCC)c3O)cc21. The molecule has 1 aromatic heterocycles. The molecule has 1 aliphatic rings. The Bertz CT molecular complexity index is 1500. The number of allylic oxidation sites excluding steroid dienone is 1. The highest BCUT2D eigenvalue weighted by Gasteiger charge is 2.30. The molecule has 3 aromatic rings. The number of hydrogen-bond donors (Lipinski definition) is 3. The number of nitrogens with one attached hydrogen (secondary N) is 1. The topological polar surface area (TPSA) is 110 Å². The molecule has 9 heteroatoms. The summed E-state index contributed by atoms with van der Waals surface area (Å²) in [6.45, 7) is 6.07. The number of thioether (sulfide) groups is 1. The van der Waals surface area contributed by atoms with E-state index in [-0.39, 0.29) is 43.2 Å². The zero-order valence-corrected chi connectivity index (χ0v) is 25.8. The number of benzene rings is 2. The highest BCUT2D eigenvalue weighted by molar-refractivity contribution is 7.99. The second-order valence-corrected chi connectivity index (χ2v) is 11.6. The van der Waals surface area contributed by atoms with Crippen molar-refractivity contribution in [3.63, 3.8) is 0 Å². The Hall–Kier alpha value is -4.07. The highest BCUT2D eigenvalue weighted by Crippen LogP contribution is 2.46. The molecule has 1 amide bonds. The molecule has 1 unspecified atom stereocenters. The molecule has 1 atom stereocenters. The van der Waals surface area contributed by atoms with E-state index in [2.05, 4.69) is 24.9 Å². The maximum Gasteiger partial charge on any atom is 0.514 e. The van der Waals surface area contributed by atoms with Crippen LogP contribution in [0.4, 0.5) is 10.5 Å². The summed E-state index contributed by atoms with van der Waals surface area (Å²) in [5.74, 6) is 0.633. The molecule has 1 heterocycles. The Morgan fingerprint density at radius 3 is 2.63 bits per heavy atom. The molecule has 2 aromatic carbocycles. The lowest BCUT2D eigenvalue weighted by Crippen LogP contribution is -2.15. The van der Waals surface area contributed by atoms with Gasteiger partial charge >= 0.3 is 6.16 Å². The number of carbonyl (C=O) groups is 2. The van der Waals surface area contributed by atoms with Crippen molar-refractivity contribution in [1.82, 2.24) is 4.57 Å². The fraction of sp³-hybridized carbons (Fsp3) is 0.382. The second kappa shape index (κ2) is 15.4. The fourth-order valence-corrected chi connectivity index (χ4v) is 6.06. The van der Waals surface area contributed by atoms with Crippen molar-refractivity contribution in [2.75, 3.05) is 17.7 Å². The van der Waals surface area contributed by atoms with Gasteiger partial charge in [-0.3, -0.25) is 9.36 Å². The molecule has 0 saturated heterocycles. The molecule has 228 valence electrons. The molecular weight excluding hydrogens is 564 g/mol. The lowest BCUT2D eigenvalue weighted by Gasteiger charge is -2.15. The standard InChI is InChI=1S/C34H40N2O6S/c1-4-6-8-12-23(3)42-34(40)41-22-29-26-14-10-9-13-25(26)27-16-15-24(20-28(27)29)35-31(37)17-18-36-32(38)21-30(33(36)39)43-19-11-7-5-2/h8-10,13-16,20-21,29,38-39H,4-7,11,17-19,22H2,1-3H3,(H,35,37). The lowest BCUT2D eigenvalue weighted by atomic mass is 9.97. The van der Waals surface area contributed by atoms with Gasteiger partial charge in [0.15, 0.2) is 5.88 Å². The number of nitrogens with zero attached hydrogens (tertiary/aromatic N) is 1. The van der Waals surface area contributed by atoms with Crippen molar-refractivity contribution in [3.8, 4) is 22.9 Å². The van der Waals surface area contributed by atoms with Crippen LogP contribution in [0.1, 0.15) is 76.3 Å². The maximum absolute atomic E-state index is 12.9. The third kappa shape index (κ3) is 8.27. The van der Waals surface area contributed by atoms with Gasteiger partial charge in [-0.25, -0.2) is 4.79 Å². The molecule has 0 radical (unpaired) electrons. The number of aromatic hydroxyl groups is 2. The van der Waals surface area contributed by atoms with Crippen molar-refractivity contribution in [2.45, 2.75) is 76.7 Å². The van der Waals surface area contributed by atoms with Crippen LogP contribution in [0.3, 0.4) is 0 Å². The monoisotopic (exact) mass is 604 g/mol. The van der Waals surface area contributed by atoms with E-state index in [1.807, 2.05) is 48.5 Å². The van der Waals surface area contributed by atoms with Crippen LogP contribution in [0.25, 0.3) is 11.1 Å². The van der Waals surface area contributed by atoms with E-state index in [0.29, 0.717) is 16.3 Å². The van der Waals surface area contributed by atoms with Gasteiger partial charge in [-0.05, 0) is 59.1 Å². The van der Waals surface area contributed by atoms with E-state index in [4.69, 9.17) is 9.47 Å². The van der Waals surface area contributed by atoms with Gasteiger partial charge in [0.1, 0.15) is 12.4 Å². The normalized spacial score (nSPS) is 13.0. The first kappa shape index (κ1) is 31.9. The van der Waals surface area contributed by atoms with Crippen LogP contribution in [-0.2, 0) is 20.8 Å². The van der Waals surface area contributed by atoms with E-state index in [1.54, 1.807) is 13.0 Å². The molecule has 0 aliphatic heterocycles. The van der Waals surface area contributed by atoms with Crippen LogP contribution < -0.4 is 5.32 Å². The molecule has 0 fully saturated rings. The molecule has 8 nitrogen and oxygen atoms in total. The first-order chi connectivity index (χ1) is 20.8. The first-order valence-electron chi connectivity index (χ1n) is 14.9. The number of rotatable bonds is 14. The fourth-order valence-electron chi connectivity index (χ4n) is 5.06. The van der Waals surface area contributed by atoms with Crippen LogP contribution in [-0.4, -0.2) is 39.2 Å². The van der Waals surface area contributed by atoms with Crippen LogP contribution >= 0.6 is 11.8 Å². The Labute approximate surface area is 257 Å². The lowest BCUT2D eigenvalue weighted by molar-refractivity contribution is -0.116. The summed E-state index contributed by atoms with van der Waals surface area (Å²) in [6, 6.07) is 15.2. The van der Waals surface area contributed by atoms with E-state index < -0.39 is 6.16 Å². The summed E-state index contributed by atoms with van der Waals surface area (Å²) < 4.78 is 12.1. The molecule has 0 bridgehead atoms. The van der Waals surface area contributed by atoms with Crippen molar-refractivity contribution in [3.05, 3.63) is 77.2 Å². The van der Waals surface area contributed by atoms with Gasteiger partial charge in [-0.2, -0.15) is 0 Å². The van der Waals surface area contributed by atoms with Gasteiger partial charge in [0.25, 0.3) is 0 Å². The average molecular weight is 605 g/mol. The number of amides is 1. The minimum absolute atomic E-state index is 0.0221. The Morgan fingerprint density at radius 2 is 1.84 bits per heavy atom. The molecule has 0 saturated carbocycles. The summed E-state index contributed by atoms with van der Waals surface area (Å²) in [6.07, 6.45) is 6.19. The maximum atomic E-state index is 12.9. The average Bonchev–Trinajstić information content (AvgIpc) is 3.44. The largest absolute Gasteiger partial charge is 0.514 e. The summed E-state index contributed by atoms with van der Waals surface area (Å²) in [5, 5.41) is 23.8. The number of anilines is 1. The summed E-state index contributed by atoms with van der Waals surface area (Å²) in [5.41, 5.74) is 7.58. The quantitative estimate of drug-likeness (QED) is 0.0558. The van der Waals surface area contributed by atoms with Crippen molar-refractivity contribution in [1.29, 1.82) is 0 Å². The number of carbonyl (C=O) groups excluding carboxylic acids is 2. The van der Waals surface area contributed by atoms with Crippen LogP contribution in [0, 0.1) is 0 Å². The van der Waals surface area contributed by atoms with Gasteiger partial charge in [0, 0.05) is 37.6 Å². The first-order valence-corrected chi connectivity index (χ1v) is 15.8. The molecule has 43 heavy (non-hydrogen) atoms. The van der Waals surface area contributed by atoms with Crippen LogP contribution in [0.15, 0.2) is 71.0 Å². The molecule has 0 spiro atoms. The zero-order valence-electron chi connectivity index (χ0n) is 25.0. The number of ether oxygens (including phenoxy) is 2. The van der Waals surface area contributed by atoms with Crippen molar-refractivity contribution in [2.24, 2.45) is 0 Å². The number of aromatic nitrogens is 1. The predicted octanol–water partition coefficient (Wildman–Crippen LogP) is 8.33. The number of hydrogen-bond acceptors (Lipinski definition) is 7. The summed E-state index contributed by atoms with van der Waals surface area (Å²) >= 11 is 1.50. The Morgan fingerprint density at radius 1 is 1.05 bits per heavy atom. The van der Waals surface area contributed by atoms with Gasteiger partial charge in [-0.15, -0.1) is 11.8 Å². The predicted molar refractivity (Wildman–Crippen MR) is 170 cm³/mol. The number of unbranched alkanes of at least 4 members (excludes halogenated alkanes) is 3.